The molecule has 0 saturated carbocycles. The molecule has 0 spiro atoms. The van der Waals surface area contributed by atoms with Crippen LogP contribution < -0.4 is 0 Å². The van der Waals surface area contributed by atoms with Gasteiger partial charge in [-0.1, -0.05) is 18.7 Å². The van der Waals surface area contributed by atoms with Crippen LogP contribution in [0.1, 0.15) is 20.3 Å². The molecular weight excluding hydrogens is 164 g/mol. The van der Waals surface area contributed by atoms with Gasteiger partial charge in [-0.25, -0.2) is 0 Å². The standard InChI is InChI=1S/C7H12O3S/c1-5(11-6(2)8)4-7(9)10-3/h5H,4H2,1-3H3/t5-/m1/s1. The van der Waals surface area contributed by atoms with Crippen molar-refractivity contribution in [2.24, 2.45) is 0 Å². The average Bonchev–Trinajstić information content (AvgIpc) is 1.85. The second-order valence-corrected chi connectivity index (χ2v) is 3.82. The summed E-state index contributed by atoms with van der Waals surface area (Å²) >= 11 is 1.16. The van der Waals surface area contributed by atoms with E-state index in [1.807, 2.05) is 6.92 Å². The molecule has 1 atom stereocenters. The maximum absolute atomic E-state index is 10.7. The molecule has 0 aliphatic heterocycles. The lowest BCUT2D eigenvalue weighted by atomic mass is 10.3. The summed E-state index contributed by atoms with van der Waals surface area (Å²) in [6, 6.07) is 0. The van der Waals surface area contributed by atoms with Crippen molar-refractivity contribution in [1.82, 2.24) is 0 Å². The Morgan fingerprint density at radius 1 is 1.55 bits per heavy atom. The normalized spacial score (nSPS) is 12.3. The number of carbonyl (C=O) groups is 2. The Bertz CT molecular complexity index is 156. The molecule has 0 radical (unpaired) electrons. The highest BCUT2D eigenvalue weighted by Crippen LogP contribution is 2.14. The fourth-order valence-corrected chi connectivity index (χ4v) is 1.43. The van der Waals surface area contributed by atoms with E-state index in [-0.39, 0.29) is 16.3 Å². The quantitative estimate of drug-likeness (QED) is 0.606. The first-order valence-electron chi connectivity index (χ1n) is 3.30. The Kier molecular flexibility index (Phi) is 4.94. The monoisotopic (exact) mass is 176 g/mol. The lowest BCUT2D eigenvalue weighted by Gasteiger charge is -2.05. The molecule has 0 aromatic carbocycles. The summed E-state index contributed by atoms with van der Waals surface area (Å²) in [7, 11) is 1.34. The largest absolute Gasteiger partial charge is 0.469 e. The average molecular weight is 176 g/mol. The van der Waals surface area contributed by atoms with Gasteiger partial charge in [-0.3, -0.25) is 9.59 Å². The van der Waals surface area contributed by atoms with Gasteiger partial charge in [0.2, 0.25) is 0 Å². The van der Waals surface area contributed by atoms with Crippen molar-refractivity contribution in [3.63, 3.8) is 0 Å². The minimum absolute atomic E-state index is 0.0138. The topological polar surface area (TPSA) is 43.4 Å². The number of hydrogen-bond donors (Lipinski definition) is 0. The van der Waals surface area contributed by atoms with Gasteiger partial charge in [-0.2, -0.15) is 0 Å². The fraction of sp³-hybridized carbons (Fsp3) is 0.714. The number of carbonyl (C=O) groups excluding carboxylic acids is 2. The first-order valence-corrected chi connectivity index (χ1v) is 4.18. The third-order valence-corrected chi connectivity index (χ3v) is 1.95. The van der Waals surface area contributed by atoms with Gasteiger partial charge >= 0.3 is 5.97 Å². The molecule has 0 saturated heterocycles. The minimum Gasteiger partial charge on any atom is -0.469 e. The molecule has 0 unspecified atom stereocenters. The summed E-state index contributed by atoms with van der Waals surface area (Å²) in [5.74, 6) is -0.272. The number of ether oxygens (including phenoxy) is 1. The van der Waals surface area contributed by atoms with Gasteiger partial charge < -0.3 is 4.74 Å². The van der Waals surface area contributed by atoms with Gasteiger partial charge in [0.25, 0.3) is 0 Å². The highest BCUT2D eigenvalue weighted by molar-refractivity contribution is 8.14. The summed E-state index contributed by atoms with van der Waals surface area (Å²) in [6.07, 6.45) is 0.292. The molecule has 4 heteroatoms. The van der Waals surface area contributed by atoms with Crippen molar-refractivity contribution in [2.75, 3.05) is 7.11 Å². The Labute approximate surface area is 70.5 Å². The second-order valence-electron chi connectivity index (χ2n) is 2.20. The molecule has 64 valence electrons. The molecule has 0 fully saturated rings. The lowest BCUT2D eigenvalue weighted by Crippen LogP contribution is -2.09. The van der Waals surface area contributed by atoms with Gasteiger partial charge in [-0.15, -0.1) is 0 Å². The van der Waals surface area contributed by atoms with Gasteiger partial charge in [0.15, 0.2) is 5.12 Å². The maximum atomic E-state index is 10.7. The zero-order valence-corrected chi connectivity index (χ0v) is 7.73. The predicted molar refractivity (Wildman–Crippen MR) is 44.4 cm³/mol. The highest BCUT2D eigenvalue weighted by Gasteiger charge is 2.10. The van der Waals surface area contributed by atoms with Crippen LogP contribution in [-0.4, -0.2) is 23.4 Å². The van der Waals surface area contributed by atoms with Crippen LogP contribution in [0.5, 0.6) is 0 Å². The van der Waals surface area contributed by atoms with Crippen LogP contribution in [-0.2, 0) is 14.3 Å². The first-order chi connectivity index (χ1) is 5.06. The summed E-state index contributed by atoms with van der Waals surface area (Å²) in [6.45, 7) is 3.31. The molecule has 0 amide bonds. The number of rotatable bonds is 3. The molecule has 0 aromatic heterocycles. The van der Waals surface area contributed by atoms with Crippen molar-refractivity contribution in [1.29, 1.82) is 0 Å². The van der Waals surface area contributed by atoms with Gasteiger partial charge in [-0.05, 0) is 0 Å². The Morgan fingerprint density at radius 2 is 2.09 bits per heavy atom. The predicted octanol–water partition coefficient (Wildman–Crippen LogP) is 1.22. The summed E-state index contributed by atoms with van der Waals surface area (Å²) < 4.78 is 4.44. The van der Waals surface area contributed by atoms with Crippen LogP contribution in [0.25, 0.3) is 0 Å². The fourth-order valence-electron chi connectivity index (χ4n) is 0.643. The Hall–Kier alpha value is -0.510. The Balaban J connectivity index is 3.60. The zero-order chi connectivity index (χ0) is 8.85. The van der Waals surface area contributed by atoms with Crippen molar-refractivity contribution in [3.05, 3.63) is 0 Å². The highest BCUT2D eigenvalue weighted by atomic mass is 32.2. The van der Waals surface area contributed by atoms with Gasteiger partial charge in [0.05, 0.1) is 13.5 Å². The molecule has 3 nitrogen and oxygen atoms in total. The summed E-state index contributed by atoms with van der Waals surface area (Å²) in [4.78, 5) is 21.2. The van der Waals surface area contributed by atoms with E-state index in [9.17, 15) is 9.59 Å². The van der Waals surface area contributed by atoms with Crippen LogP contribution >= 0.6 is 11.8 Å². The molecule has 0 heterocycles. The Morgan fingerprint density at radius 3 is 2.45 bits per heavy atom. The number of methoxy groups -OCH3 is 1. The van der Waals surface area contributed by atoms with E-state index in [4.69, 9.17) is 0 Å². The van der Waals surface area contributed by atoms with E-state index >= 15 is 0 Å². The third-order valence-electron chi connectivity index (χ3n) is 1.05. The smallest absolute Gasteiger partial charge is 0.306 e. The van der Waals surface area contributed by atoms with Crippen molar-refractivity contribution in [3.8, 4) is 0 Å². The lowest BCUT2D eigenvalue weighted by molar-refractivity contribution is -0.140. The van der Waals surface area contributed by atoms with Crippen LogP contribution in [0.4, 0.5) is 0 Å². The molecule has 0 bridgehead atoms. The maximum Gasteiger partial charge on any atom is 0.306 e. The van der Waals surface area contributed by atoms with Crippen LogP contribution in [0.2, 0.25) is 0 Å². The van der Waals surface area contributed by atoms with Crippen molar-refractivity contribution < 1.29 is 14.3 Å². The molecule has 0 aliphatic rings. The van der Waals surface area contributed by atoms with E-state index in [0.29, 0.717) is 6.42 Å². The third kappa shape index (κ3) is 5.91. The van der Waals surface area contributed by atoms with Gasteiger partial charge in [0, 0.05) is 12.2 Å². The molecule has 0 aromatic rings. The van der Waals surface area contributed by atoms with Crippen LogP contribution in [0.15, 0.2) is 0 Å². The van der Waals surface area contributed by atoms with Crippen LogP contribution in [0.3, 0.4) is 0 Å². The van der Waals surface area contributed by atoms with Crippen LogP contribution in [0, 0.1) is 0 Å². The molecule has 0 rings (SSSR count). The van der Waals surface area contributed by atoms with E-state index in [1.54, 1.807) is 0 Å². The number of hydrogen-bond acceptors (Lipinski definition) is 4. The molecule has 11 heavy (non-hydrogen) atoms. The molecular formula is C7H12O3S. The molecule has 0 aliphatic carbocycles. The number of thioether (sulfide) groups is 1. The minimum atomic E-state index is -0.272. The molecule has 0 N–H and O–H groups in total. The zero-order valence-electron chi connectivity index (χ0n) is 6.92. The van der Waals surface area contributed by atoms with E-state index < -0.39 is 0 Å². The second kappa shape index (κ2) is 5.18. The van der Waals surface area contributed by atoms with E-state index in [1.165, 1.54) is 14.0 Å². The SMILES string of the molecule is COC(=O)C[C@@H](C)SC(C)=O. The summed E-state index contributed by atoms with van der Waals surface area (Å²) in [5, 5.41) is 0.0429. The van der Waals surface area contributed by atoms with E-state index in [0.717, 1.165) is 11.8 Å². The summed E-state index contributed by atoms with van der Waals surface area (Å²) in [5.41, 5.74) is 0. The van der Waals surface area contributed by atoms with Gasteiger partial charge in [0.1, 0.15) is 0 Å². The number of esters is 1. The van der Waals surface area contributed by atoms with E-state index in [2.05, 4.69) is 4.74 Å². The first kappa shape index (κ1) is 10.5. The van der Waals surface area contributed by atoms with Crippen molar-refractivity contribution in [2.45, 2.75) is 25.5 Å². The van der Waals surface area contributed by atoms with Crippen molar-refractivity contribution >= 4 is 22.8 Å².